The lowest BCUT2D eigenvalue weighted by Gasteiger charge is -2.03. The Morgan fingerprint density at radius 3 is 1.79 bits per heavy atom. The number of rotatable bonds is 1. The van der Waals surface area contributed by atoms with Crippen molar-refractivity contribution >= 4 is 11.6 Å². The average Bonchev–Trinajstić information content (AvgIpc) is 2.87. The van der Waals surface area contributed by atoms with Crippen LogP contribution in [0.4, 0.5) is 24.8 Å². The Labute approximate surface area is 107 Å². The Balaban J connectivity index is 0.000000191. The number of alkyl halides is 3. The highest BCUT2D eigenvalue weighted by Crippen LogP contribution is 2.20. The van der Waals surface area contributed by atoms with Gasteiger partial charge in [0.1, 0.15) is 11.6 Å². The van der Waals surface area contributed by atoms with Crippen LogP contribution in [0, 0.1) is 0 Å². The molecule has 0 unspecified atom stereocenters. The third-order valence-electron chi connectivity index (χ3n) is 2.03. The molecule has 0 amide bonds. The number of hydrogen-bond acceptors (Lipinski definition) is 4. The maximum absolute atomic E-state index is 11.6. The molecular weight excluding hydrogens is 261 g/mol. The number of halogens is 3. The van der Waals surface area contributed by atoms with Gasteiger partial charge < -0.3 is 11.5 Å². The van der Waals surface area contributed by atoms with Crippen LogP contribution in [0.2, 0.25) is 0 Å². The van der Waals surface area contributed by atoms with E-state index < -0.39 is 6.30 Å². The van der Waals surface area contributed by atoms with Crippen molar-refractivity contribution in [1.29, 1.82) is 0 Å². The fourth-order valence-corrected chi connectivity index (χ4v) is 1.12. The van der Waals surface area contributed by atoms with E-state index in [1.165, 1.54) is 0 Å². The zero-order valence-corrected chi connectivity index (χ0v) is 10.5. The van der Waals surface area contributed by atoms with Crippen molar-refractivity contribution in [3.8, 4) is 0 Å². The molecule has 0 fully saturated rings. The van der Waals surface area contributed by atoms with Crippen molar-refractivity contribution in [3.63, 3.8) is 0 Å². The van der Waals surface area contributed by atoms with E-state index in [0.717, 1.165) is 12.3 Å². The summed E-state index contributed by atoms with van der Waals surface area (Å²) in [6, 6.07) is 3.27. The van der Waals surface area contributed by atoms with Crippen molar-refractivity contribution < 1.29 is 13.2 Å². The molecule has 0 aliphatic carbocycles. The molecule has 9 heteroatoms. The van der Waals surface area contributed by atoms with Gasteiger partial charge in [0, 0.05) is 24.5 Å². The van der Waals surface area contributed by atoms with E-state index in [1.807, 2.05) is 10.9 Å². The number of aromatic nitrogens is 4. The quantitative estimate of drug-likeness (QED) is 0.833. The molecule has 0 aromatic carbocycles. The summed E-state index contributed by atoms with van der Waals surface area (Å²) in [6.07, 6.45) is -1.83. The van der Waals surface area contributed by atoms with Crippen LogP contribution in [0.25, 0.3) is 0 Å². The van der Waals surface area contributed by atoms with Crippen molar-refractivity contribution in [2.75, 3.05) is 11.5 Å². The first-order valence-electron chi connectivity index (χ1n) is 5.39. The molecule has 2 aromatic rings. The van der Waals surface area contributed by atoms with E-state index in [0.29, 0.717) is 11.9 Å². The molecule has 106 valence electrons. The van der Waals surface area contributed by atoms with Crippen LogP contribution >= 0.6 is 0 Å². The van der Waals surface area contributed by atoms with Crippen LogP contribution in [0.15, 0.2) is 24.5 Å². The maximum Gasteiger partial charge on any atom is 0.504 e. The van der Waals surface area contributed by atoms with Crippen LogP contribution in [-0.4, -0.2) is 19.6 Å². The van der Waals surface area contributed by atoms with Gasteiger partial charge in [0.25, 0.3) is 0 Å². The molecule has 4 N–H and O–H groups in total. The Morgan fingerprint density at radius 2 is 1.58 bits per heavy atom. The highest BCUT2D eigenvalue weighted by molar-refractivity contribution is 5.24. The van der Waals surface area contributed by atoms with Crippen LogP contribution < -0.4 is 11.5 Å². The molecule has 19 heavy (non-hydrogen) atoms. The topological polar surface area (TPSA) is 87.7 Å². The van der Waals surface area contributed by atoms with E-state index in [2.05, 4.69) is 24.0 Å². The van der Waals surface area contributed by atoms with Crippen molar-refractivity contribution in [1.82, 2.24) is 19.6 Å². The molecule has 2 rings (SSSR count). The SMILES string of the molecule is CC(C)n1ccc(N)n1.Nc1ccn(C(F)(F)F)n1. The number of anilines is 2. The van der Waals surface area contributed by atoms with Crippen molar-refractivity contribution in [3.05, 3.63) is 24.5 Å². The lowest BCUT2D eigenvalue weighted by atomic mass is 10.4. The minimum absolute atomic E-state index is 0.141. The minimum Gasteiger partial charge on any atom is -0.382 e. The summed E-state index contributed by atoms with van der Waals surface area (Å²) in [6.45, 7) is 4.12. The summed E-state index contributed by atoms with van der Waals surface area (Å²) in [5.41, 5.74) is 10.3. The molecule has 0 saturated heterocycles. The lowest BCUT2D eigenvalue weighted by molar-refractivity contribution is -0.212. The van der Waals surface area contributed by atoms with E-state index >= 15 is 0 Å². The van der Waals surface area contributed by atoms with Gasteiger partial charge in [-0.15, -0.1) is 18.3 Å². The summed E-state index contributed by atoms with van der Waals surface area (Å²) < 4.78 is 36.6. The molecule has 0 saturated carbocycles. The summed E-state index contributed by atoms with van der Waals surface area (Å²) in [5, 5.41) is 6.96. The highest BCUT2D eigenvalue weighted by Gasteiger charge is 2.31. The molecule has 2 aromatic heterocycles. The monoisotopic (exact) mass is 276 g/mol. The summed E-state index contributed by atoms with van der Waals surface area (Å²) >= 11 is 0. The highest BCUT2D eigenvalue weighted by atomic mass is 19.4. The maximum atomic E-state index is 11.6. The van der Waals surface area contributed by atoms with E-state index in [9.17, 15) is 13.2 Å². The molecule has 0 atom stereocenters. The first-order chi connectivity index (χ1) is 8.70. The Bertz CT molecular complexity index is 513. The van der Waals surface area contributed by atoms with Gasteiger partial charge in [-0.1, -0.05) is 0 Å². The van der Waals surface area contributed by atoms with Gasteiger partial charge >= 0.3 is 6.30 Å². The van der Waals surface area contributed by atoms with E-state index in [-0.39, 0.29) is 10.5 Å². The molecule has 0 aliphatic heterocycles. The van der Waals surface area contributed by atoms with E-state index in [1.54, 1.807) is 6.07 Å². The predicted molar refractivity (Wildman–Crippen MR) is 65.0 cm³/mol. The number of nitrogens with zero attached hydrogens (tertiary/aromatic N) is 4. The minimum atomic E-state index is -4.46. The Morgan fingerprint density at radius 1 is 1.05 bits per heavy atom. The predicted octanol–water partition coefficient (Wildman–Crippen LogP) is 1.99. The molecule has 0 spiro atoms. The largest absolute Gasteiger partial charge is 0.504 e. The molecule has 0 radical (unpaired) electrons. The van der Waals surface area contributed by atoms with Gasteiger partial charge in [0.05, 0.1) is 0 Å². The van der Waals surface area contributed by atoms with Crippen LogP contribution in [0.3, 0.4) is 0 Å². The van der Waals surface area contributed by atoms with E-state index in [4.69, 9.17) is 11.5 Å². The van der Waals surface area contributed by atoms with Crippen molar-refractivity contribution in [2.24, 2.45) is 0 Å². The van der Waals surface area contributed by atoms with Gasteiger partial charge in [-0.05, 0) is 19.9 Å². The summed E-state index contributed by atoms with van der Waals surface area (Å²) in [7, 11) is 0. The molecule has 0 aliphatic rings. The zero-order chi connectivity index (χ0) is 14.6. The second kappa shape index (κ2) is 5.63. The fraction of sp³-hybridized carbons (Fsp3) is 0.400. The number of nitrogens with two attached hydrogens (primary N) is 2. The van der Waals surface area contributed by atoms with Gasteiger partial charge in [-0.3, -0.25) is 4.68 Å². The van der Waals surface area contributed by atoms with Crippen LogP contribution in [-0.2, 0) is 6.30 Å². The Kier molecular flexibility index (Phi) is 4.41. The van der Waals surface area contributed by atoms with Crippen LogP contribution in [0.1, 0.15) is 19.9 Å². The Hall–Kier alpha value is -2.19. The average molecular weight is 276 g/mol. The third kappa shape index (κ3) is 4.53. The fourth-order valence-electron chi connectivity index (χ4n) is 1.12. The molecule has 2 heterocycles. The number of nitrogen functional groups attached to an aromatic ring is 2. The second-order valence-electron chi connectivity index (χ2n) is 3.97. The smallest absolute Gasteiger partial charge is 0.382 e. The summed E-state index contributed by atoms with van der Waals surface area (Å²) in [5.74, 6) is 0.445. The van der Waals surface area contributed by atoms with Crippen LogP contribution in [0.5, 0.6) is 0 Å². The molecule has 0 bridgehead atoms. The molecule has 6 nitrogen and oxygen atoms in total. The van der Waals surface area contributed by atoms with Gasteiger partial charge in [-0.2, -0.15) is 9.78 Å². The van der Waals surface area contributed by atoms with Gasteiger partial charge in [0.15, 0.2) is 0 Å². The normalized spacial score (nSPS) is 11.3. The first-order valence-corrected chi connectivity index (χ1v) is 5.39. The van der Waals surface area contributed by atoms with Crippen molar-refractivity contribution in [2.45, 2.75) is 26.2 Å². The third-order valence-corrected chi connectivity index (χ3v) is 2.03. The standard InChI is InChI=1S/C6H11N3.C4H4F3N3/c1-5(2)9-4-3-6(7)8-9;5-4(6,7)10-2-1-3(8)9-10/h3-5H,1-2H3,(H2,7,8);1-2H,(H2,8,9). The first kappa shape index (κ1) is 14.9. The zero-order valence-electron chi connectivity index (χ0n) is 10.5. The summed E-state index contributed by atoms with van der Waals surface area (Å²) in [4.78, 5) is 0. The second-order valence-corrected chi connectivity index (χ2v) is 3.97. The van der Waals surface area contributed by atoms with Gasteiger partial charge in [0.2, 0.25) is 0 Å². The lowest BCUT2D eigenvalue weighted by Crippen LogP contribution is -2.17. The molecular formula is C10H15F3N6. The number of hydrogen-bond donors (Lipinski definition) is 2. The van der Waals surface area contributed by atoms with Gasteiger partial charge in [-0.25, -0.2) is 0 Å².